The van der Waals surface area contributed by atoms with E-state index >= 15 is 0 Å². The molecule has 0 saturated carbocycles. The maximum atomic E-state index is 2.15. The number of rotatable bonds is 0. The van der Waals surface area contributed by atoms with E-state index in [1.165, 1.54) is 61.4 Å². The van der Waals surface area contributed by atoms with Gasteiger partial charge >= 0.3 is 0 Å². The van der Waals surface area contributed by atoms with Gasteiger partial charge in [0.1, 0.15) is 0 Å². The van der Waals surface area contributed by atoms with Gasteiger partial charge in [0.15, 0.2) is 0 Å². The fourth-order valence-electron chi connectivity index (χ4n) is 2.36. The van der Waals surface area contributed by atoms with Crippen molar-refractivity contribution in [3.05, 3.63) is 0 Å². The van der Waals surface area contributed by atoms with Crippen molar-refractivity contribution in [2.24, 2.45) is 0 Å². The Morgan fingerprint density at radius 1 is 0.750 bits per heavy atom. The average molecular weight is 252 g/mol. The summed E-state index contributed by atoms with van der Waals surface area (Å²) in [5.41, 5.74) is 0. The summed E-state index contributed by atoms with van der Waals surface area (Å²) >= 11 is 2.15. The van der Waals surface area contributed by atoms with Gasteiger partial charge < -0.3 is 21.5 Å². The Morgan fingerprint density at radius 2 is 1.33 bits per heavy atom. The summed E-state index contributed by atoms with van der Waals surface area (Å²) in [4.78, 5) is 0. The molecule has 2 saturated heterocycles. The van der Waals surface area contributed by atoms with Crippen LogP contribution in [0.15, 0.2) is 0 Å². The highest BCUT2D eigenvalue weighted by atomic mass is 79.9. The molecule has 1 nitrogen and oxygen atoms in total. The molecule has 0 aromatic rings. The lowest BCUT2D eigenvalue weighted by Crippen LogP contribution is -3.00. The summed E-state index contributed by atoms with van der Waals surface area (Å²) < 4.78 is 1.48. The SMILES string of the molecule is C1CC[N+]2(CC1)CCSCC2.[Br-]. The van der Waals surface area contributed by atoms with Crippen molar-refractivity contribution in [1.82, 2.24) is 0 Å². The molecule has 0 unspecified atom stereocenters. The van der Waals surface area contributed by atoms with Gasteiger partial charge in [0, 0.05) is 11.5 Å². The van der Waals surface area contributed by atoms with Crippen molar-refractivity contribution in [2.45, 2.75) is 19.3 Å². The monoisotopic (exact) mass is 251 g/mol. The van der Waals surface area contributed by atoms with Crippen LogP contribution in [0.4, 0.5) is 0 Å². The third kappa shape index (κ3) is 2.39. The van der Waals surface area contributed by atoms with Crippen molar-refractivity contribution in [3.63, 3.8) is 0 Å². The molecule has 0 atom stereocenters. The molecule has 2 rings (SSSR count). The largest absolute Gasteiger partial charge is 1.00 e. The van der Waals surface area contributed by atoms with Crippen LogP contribution in [0.5, 0.6) is 0 Å². The van der Waals surface area contributed by atoms with Crippen molar-refractivity contribution in [2.75, 3.05) is 37.7 Å². The van der Waals surface area contributed by atoms with Crippen LogP contribution >= 0.6 is 11.8 Å². The van der Waals surface area contributed by atoms with Gasteiger partial charge in [0.2, 0.25) is 0 Å². The van der Waals surface area contributed by atoms with Gasteiger partial charge in [0.25, 0.3) is 0 Å². The highest BCUT2D eigenvalue weighted by Gasteiger charge is 2.31. The van der Waals surface area contributed by atoms with Crippen LogP contribution in [0.1, 0.15) is 19.3 Å². The van der Waals surface area contributed by atoms with Gasteiger partial charge in [-0.05, 0) is 19.3 Å². The van der Waals surface area contributed by atoms with E-state index in [4.69, 9.17) is 0 Å². The standard InChI is InChI=1S/C9H18NS.BrH/c1-2-4-10(5-3-1)6-8-11-9-7-10;/h1-9H2;1H/q+1;/p-1. The van der Waals surface area contributed by atoms with Gasteiger partial charge in [-0.15, -0.1) is 0 Å². The zero-order valence-electron chi connectivity index (χ0n) is 7.60. The second-order valence-corrected chi connectivity index (χ2v) is 5.13. The minimum Gasteiger partial charge on any atom is -1.00 e. The molecule has 1 spiro atoms. The topological polar surface area (TPSA) is 0 Å². The first-order chi connectivity index (χ1) is 5.41. The summed E-state index contributed by atoms with van der Waals surface area (Å²) in [7, 11) is 0. The van der Waals surface area contributed by atoms with E-state index in [0.717, 1.165) is 0 Å². The molecule has 2 aliphatic rings. The molecule has 3 heteroatoms. The van der Waals surface area contributed by atoms with E-state index in [1.807, 2.05) is 0 Å². The molecule has 12 heavy (non-hydrogen) atoms. The number of halogens is 1. The van der Waals surface area contributed by atoms with Crippen LogP contribution in [-0.2, 0) is 0 Å². The molecule has 0 bridgehead atoms. The van der Waals surface area contributed by atoms with E-state index in [9.17, 15) is 0 Å². The Balaban J connectivity index is 0.000000720. The lowest BCUT2D eigenvalue weighted by atomic mass is 10.1. The van der Waals surface area contributed by atoms with Crippen LogP contribution in [0, 0.1) is 0 Å². The molecule has 0 aliphatic carbocycles. The zero-order chi connectivity index (χ0) is 7.57. The Bertz CT molecular complexity index is 109. The number of quaternary nitrogens is 1. The van der Waals surface area contributed by atoms with Crippen molar-refractivity contribution in [3.8, 4) is 0 Å². The fourth-order valence-corrected chi connectivity index (χ4v) is 3.60. The van der Waals surface area contributed by atoms with Crippen LogP contribution in [0.3, 0.4) is 0 Å². The van der Waals surface area contributed by atoms with E-state index in [-0.39, 0.29) is 17.0 Å². The minimum absolute atomic E-state index is 0. The van der Waals surface area contributed by atoms with E-state index < -0.39 is 0 Å². The molecule has 0 amide bonds. The van der Waals surface area contributed by atoms with Gasteiger partial charge in [-0.25, -0.2) is 0 Å². The lowest BCUT2D eigenvalue weighted by molar-refractivity contribution is -0.929. The van der Waals surface area contributed by atoms with Gasteiger partial charge in [-0.2, -0.15) is 11.8 Å². The third-order valence-corrected chi connectivity index (χ3v) is 4.13. The number of nitrogens with zero attached hydrogens (tertiary/aromatic N) is 1. The average Bonchev–Trinajstić information content (AvgIpc) is 2.07. The van der Waals surface area contributed by atoms with Gasteiger partial charge in [-0.3, -0.25) is 0 Å². The number of hydrogen-bond acceptors (Lipinski definition) is 1. The molecule has 0 radical (unpaired) electrons. The predicted molar refractivity (Wildman–Crippen MR) is 50.9 cm³/mol. The highest BCUT2D eigenvalue weighted by Crippen LogP contribution is 2.24. The van der Waals surface area contributed by atoms with E-state index in [1.54, 1.807) is 0 Å². The molecule has 2 fully saturated rings. The van der Waals surface area contributed by atoms with Crippen LogP contribution in [0.2, 0.25) is 0 Å². The summed E-state index contributed by atoms with van der Waals surface area (Å²) in [6.07, 6.45) is 4.47. The zero-order valence-corrected chi connectivity index (χ0v) is 10.00. The first-order valence-corrected chi connectivity index (χ1v) is 6.00. The van der Waals surface area contributed by atoms with E-state index in [0.29, 0.717) is 0 Å². The van der Waals surface area contributed by atoms with Crippen molar-refractivity contribution >= 4 is 11.8 Å². The smallest absolute Gasteiger partial charge is 0.0878 e. The maximum absolute atomic E-state index is 2.15. The number of thioether (sulfide) groups is 1. The molecular weight excluding hydrogens is 234 g/mol. The summed E-state index contributed by atoms with van der Waals surface area (Å²) in [6, 6.07) is 0. The summed E-state index contributed by atoms with van der Waals surface area (Å²) in [6.45, 7) is 5.90. The Hall–Kier alpha value is 0.790. The van der Waals surface area contributed by atoms with Gasteiger partial charge in [-0.1, -0.05) is 0 Å². The molecule has 0 aromatic carbocycles. The second-order valence-electron chi connectivity index (χ2n) is 3.91. The normalized spacial score (nSPS) is 28.0. The molecular formula is C9H18BrNS. The third-order valence-electron chi connectivity index (χ3n) is 3.18. The van der Waals surface area contributed by atoms with E-state index in [2.05, 4.69) is 11.8 Å². The Morgan fingerprint density at radius 3 is 1.92 bits per heavy atom. The molecule has 72 valence electrons. The molecule has 0 aromatic heterocycles. The van der Waals surface area contributed by atoms with Crippen LogP contribution in [0.25, 0.3) is 0 Å². The highest BCUT2D eigenvalue weighted by molar-refractivity contribution is 7.99. The second kappa shape index (κ2) is 4.87. The fraction of sp³-hybridized carbons (Fsp3) is 1.00. The Labute approximate surface area is 90.3 Å². The quantitative estimate of drug-likeness (QED) is 0.485. The van der Waals surface area contributed by atoms with Gasteiger partial charge in [0.05, 0.1) is 26.2 Å². The summed E-state index contributed by atoms with van der Waals surface area (Å²) in [5, 5.41) is 0. The van der Waals surface area contributed by atoms with Crippen LogP contribution < -0.4 is 17.0 Å². The summed E-state index contributed by atoms with van der Waals surface area (Å²) in [5.74, 6) is 2.83. The van der Waals surface area contributed by atoms with Crippen LogP contribution in [-0.4, -0.2) is 42.2 Å². The Kier molecular flexibility index (Phi) is 4.41. The predicted octanol–water partition coefficient (Wildman–Crippen LogP) is -1.26. The number of hydrogen-bond donors (Lipinski definition) is 0. The molecule has 2 heterocycles. The number of piperidine rings is 1. The van der Waals surface area contributed by atoms with Crippen molar-refractivity contribution in [1.29, 1.82) is 0 Å². The molecule has 2 aliphatic heterocycles. The van der Waals surface area contributed by atoms with Crippen molar-refractivity contribution < 1.29 is 21.5 Å². The minimum atomic E-state index is 0. The lowest BCUT2D eigenvalue weighted by Gasteiger charge is -2.43. The first-order valence-electron chi connectivity index (χ1n) is 4.84. The molecule has 0 N–H and O–H groups in total. The maximum Gasteiger partial charge on any atom is 0.0878 e. The first kappa shape index (κ1) is 10.9.